The van der Waals surface area contributed by atoms with Crippen molar-refractivity contribution in [2.75, 3.05) is 0 Å². The van der Waals surface area contributed by atoms with Gasteiger partial charge in [0, 0.05) is 0 Å². The van der Waals surface area contributed by atoms with Crippen LogP contribution in [0.3, 0.4) is 0 Å². The molecule has 0 saturated heterocycles. The number of carbonyl (C=O) groups excluding carboxylic acids is 1. The first-order valence-corrected chi connectivity index (χ1v) is 15.7. The summed E-state index contributed by atoms with van der Waals surface area (Å²) in [6.45, 7) is 6.82. The van der Waals surface area contributed by atoms with E-state index in [0.717, 1.165) is 11.8 Å². The minimum absolute atomic E-state index is 0.727. The van der Waals surface area contributed by atoms with Crippen LogP contribution in [0.4, 0.5) is 0 Å². The molecule has 0 aliphatic heterocycles. The summed E-state index contributed by atoms with van der Waals surface area (Å²) in [5.41, 5.74) is 0.727. The van der Waals surface area contributed by atoms with E-state index in [4.69, 9.17) is 4.42 Å². The molecule has 0 radical (unpaired) electrons. The van der Waals surface area contributed by atoms with Gasteiger partial charge in [-0.15, -0.1) is 0 Å². The van der Waals surface area contributed by atoms with Crippen molar-refractivity contribution >= 4 is 28.4 Å². The molecule has 0 N–H and O–H groups in total. The van der Waals surface area contributed by atoms with E-state index in [2.05, 4.69) is 26.8 Å². The van der Waals surface area contributed by atoms with Gasteiger partial charge in [0.15, 0.2) is 0 Å². The zero-order valence-corrected chi connectivity index (χ0v) is 16.3. The van der Waals surface area contributed by atoms with Gasteiger partial charge < -0.3 is 0 Å². The van der Waals surface area contributed by atoms with Crippen molar-refractivity contribution < 1.29 is 9.21 Å². The molecule has 0 saturated carbocycles. The summed E-state index contributed by atoms with van der Waals surface area (Å²) in [5.74, 6) is 0. The Morgan fingerprint density at radius 1 is 1.00 bits per heavy atom. The van der Waals surface area contributed by atoms with E-state index in [9.17, 15) is 4.79 Å². The fraction of sp³-hybridized carbons (Fsp3) is 0.706. The van der Waals surface area contributed by atoms with Crippen molar-refractivity contribution in [3.8, 4) is 0 Å². The second kappa shape index (κ2) is 9.64. The van der Waals surface area contributed by atoms with Crippen LogP contribution in [0.15, 0.2) is 16.7 Å². The molecule has 3 heteroatoms. The van der Waals surface area contributed by atoms with Crippen LogP contribution >= 0.6 is 0 Å². The van der Waals surface area contributed by atoms with Gasteiger partial charge in [-0.25, -0.2) is 0 Å². The average molecular weight is 385 g/mol. The summed E-state index contributed by atoms with van der Waals surface area (Å²) in [6.07, 6.45) is 10.3. The number of furan rings is 1. The third-order valence-corrected chi connectivity index (χ3v) is 19.3. The molecule has 1 rings (SSSR count). The molecule has 114 valence electrons. The Balaban J connectivity index is 3.00. The van der Waals surface area contributed by atoms with E-state index < -0.39 is 18.4 Å². The normalized spacial score (nSPS) is 11.8. The minimum atomic E-state index is -2.42. The standard InChI is InChI=1S/C5H3O2.3C4H9.Sn/c6-3-5-1-2-7-4-5;3*1-3-4-2;/h1,3-4H;3*1,3-4H2,2H3;. The van der Waals surface area contributed by atoms with Crippen molar-refractivity contribution in [3.05, 3.63) is 17.9 Å². The first-order chi connectivity index (χ1) is 9.72. The molecule has 0 aromatic carbocycles. The summed E-state index contributed by atoms with van der Waals surface area (Å²) >= 11 is -2.42. The average Bonchev–Trinajstić information content (AvgIpc) is 2.96. The Labute approximate surface area is 128 Å². The summed E-state index contributed by atoms with van der Waals surface area (Å²) in [4.78, 5) is 11.0. The number of unbranched alkanes of at least 4 members (excludes halogenated alkanes) is 3. The van der Waals surface area contributed by atoms with Gasteiger partial charge in [-0.05, 0) is 0 Å². The quantitative estimate of drug-likeness (QED) is 0.390. The van der Waals surface area contributed by atoms with Crippen LogP contribution in [0.2, 0.25) is 13.3 Å². The molecule has 20 heavy (non-hydrogen) atoms. The van der Waals surface area contributed by atoms with E-state index >= 15 is 0 Å². The van der Waals surface area contributed by atoms with Crippen LogP contribution in [0.25, 0.3) is 0 Å². The maximum absolute atomic E-state index is 11.0. The van der Waals surface area contributed by atoms with Gasteiger partial charge in [-0.3, -0.25) is 0 Å². The molecule has 0 atom stereocenters. The van der Waals surface area contributed by atoms with Crippen molar-refractivity contribution in [2.45, 2.75) is 72.6 Å². The van der Waals surface area contributed by atoms with E-state index in [0.29, 0.717) is 0 Å². The number of aldehydes is 1. The van der Waals surface area contributed by atoms with Crippen molar-refractivity contribution in [1.82, 2.24) is 0 Å². The van der Waals surface area contributed by atoms with Crippen LogP contribution in [-0.2, 0) is 0 Å². The number of carbonyl (C=O) groups is 1. The second-order valence-corrected chi connectivity index (χ2v) is 18.9. The van der Waals surface area contributed by atoms with Gasteiger partial charge in [-0.1, -0.05) is 0 Å². The molecule has 2 nitrogen and oxygen atoms in total. The van der Waals surface area contributed by atoms with E-state index in [1.54, 1.807) is 6.26 Å². The Morgan fingerprint density at radius 3 is 1.85 bits per heavy atom. The molecule has 0 amide bonds. The third kappa shape index (κ3) is 4.94. The Bertz CT molecular complexity index is 362. The van der Waals surface area contributed by atoms with Gasteiger partial charge in [0.05, 0.1) is 0 Å². The van der Waals surface area contributed by atoms with Gasteiger partial charge in [0.2, 0.25) is 0 Å². The molecule has 0 spiro atoms. The fourth-order valence-corrected chi connectivity index (χ4v) is 18.3. The Morgan fingerprint density at radius 2 is 1.50 bits per heavy atom. The predicted molar refractivity (Wildman–Crippen MR) is 88.6 cm³/mol. The SMILES string of the molecule is CCC[CH2][Sn]([CH2]CCC)([CH2]CCC)[c]1cc(C=O)co1. The van der Waals surface area contributed by atoms with Gasteiger partial charge in [-0.2, -0.15) is 0 Å². The third-order valence-electron chi connectivity index (χ3n) is 4.31. The molecule has 1 aromatic heterocycles. The number of rotatable bonds is 11. The molecule has 0 bridgehead atoms. The van der Waals surface area contributed by atoms with Gasteiger partial charge >= 0.3 is 128 Å². The summed E-state index contributed by atoms with van der Waals surface area (Å²) in [7, 11) is 0. The summed E-state index contributed by atoms with van der Waals surface area (Å²) in [5, 5.41) is 0. The molecule has 1 heterocycles. The van der Waals surface area contributed by atoms with E-state index in [-0.39, 0.29) is 0 Å². The predicted octanol–water partition coefficient (Wildman–Crippen LogP) is 5.15. The van der Waals surface area contributed by atoms with Crippen LogP contribution in [0.5, 0.6) is 0 Å². The van der Waals surface area contributed by atoms with Gasteiger partial charge in [0.25, 0.3) is 0 Å². The summed E-state index contributed by atoms with van der Waals surface area (Å²) < 4.78 is 11.3. The Hall–Kier alpha value is -0.251. The maximum atomic E-state index is 11.0. The molecule has 0 unspecified atom stereocenters. The first kappa shape index (κ1) is 17.8. The van der Waals surface area contributed by atoms with Crippen molar-refractivity contribution in [1.29, 1.82) is 0 Å². The van der Waals surface area contributed by atoms with Crippen molar-refractivity contribution in [3.63, 3.8) is 0 Å². The van der Waals surface area contributed by atoms with E-state index in [1.807, 2.05) is 0 Å². The molecule has 0 aliphatic carbocycles. The topological polar surface area (TPSA) is 30.2 Å². The van der Waals surface area contributed by atoms with Crippen LogP contribution in [0, 0.1) is 0 Å². The number of hydrogen-bond acceptors (Lipinski definition) is 2. The molecular formula is C17H30O2Sn. The number of hydrogen-bond donors (Lipinski definition) is 0. The monoisotopic (exact) mass is 386 g/mol. The zero-order valence-electron chi connectivity index (χ0n) is 13.4. The molecule has 0 aliphatic rings. The zero-order chi connectivity index (χ0) is 14.8. The van der Waals surface area contributed by atoms with Crippen LogP contribution < -0.4 is 3.78 Å². The first-order valence-electron chi connectivity index (χ1n) is 8.26. The van der Waals surface area contributed by atoms with Gasteiger partial charge in [0.1, 0.15) is 0 Å². The molecule has 1 aromatic rings. The molecule has 0 fully saturated rings. The van der Waals surface area contributed by atoms with Crippen LogP contribution in [-0.4, -0.2) is 24.7 Å². The fourth-order valence-electron chi connectivity index (χ4n) is 2.98. The molecular weight excluding hydrogens is 355 g/mol. The second-order valence-electron chi connectivity index (χ2n) is 5.95. The van der Waals surface area contributed by atoms with Crippen molar-refractivity contribution in [2.24, 2.45) is 0 Å². The Kier molecular flexibility index (Phi) is 8.58. The summed E-state index contributed by atoms with van der Waals surface area (Å²) in [6, 6.07) is 2.06. The van der Waals surface area contributed by atoms with Crippen LogP contribution in [0.1, 0.15) is 69.7 Å². The van der Waals surface area contributed by atoms with E-state index in [1.165, 1.54) is 55.6 Å².